The van der Waals surface area contributed by atoms with Crippen LogP contribution in [0.4, 0.5) is 0 Å². The second-order valence-corrected chi connectivity index (χ2v) is 7.70. The molecule has 1 aromatic carbocycles. The molecule has 3 aromatic heterocycles. The maximum absolute atomic E-state index is 6.08. The van der Waals surface area contributed by atoms with Gasteiger partial charge in [0.1, 0.15) is 5.69 Å². The normalized spacial score (nSPS) is 15.1. The van der Waals surface area contributed by atoms with E-state index in [0.717, 1.165) is 66.4 Å². The van der Waals surface area contributed by atoms with Crippen molar-refractivity contribution in [3.63, 3.8) is 0 Å². The number of hydrogen-bond donors (Lipinski definition) is 0. The summed E-state index contributed by atoms with van der Waals surface area (Å²) >= 11 is 6.08. The lowest BCUT2D eigenvalue weighted by Gasteiger charge is -2.21. The molecule has 0 atom stereocenters. The van der Waals surface area contributed by atoms with Crippen molar-refractivity contribution >= 4 is 22.6 Å². The molecule has 1 fully saturated rings. The van der Waals surface area contributed by atoms with E-state index in [9.17, 15) is 0 Å². The van der Waals surface area contributed by atoms with Crippen molar-refractivity contribution in [2.24, 2.45) is 5.92 Å². The molecule has 0 N–H and O–H groups in total. The standard InChI is InChI=1S/C22H20ClN5O/c23-16-1-3-18(4-2-16)28-21-14-24-8-5-19(21)27-22(28)20-13-25-17(12-26-20)11-15-6-9-29-10-7-15/h1-5,8,12-15H,6-7,9-11H2. The highest BCUT2D eigenvalue weighted by molar-refractivity contribution is 6.30. The zero-order valence-corrected chi connectivity index (χ0v) is 16.6. The van der Waals surface area contributed by atoms with Gasteiger partial charge in [-0.1, -0.05) is 11.6 Å². The van der Waals surface area contributed by atoms with Crippen LogP contribution in [0.1, 0.15) is 18.5 Å². The van der Waals surface area contributed by atoms with Gasteiger partial charge >= 0.3 is 0 Å². The minimum Gasteiger partial charge on any atom is -0.381 e. The average molecular weight is 406 g/mol. The van der Waals surface area contributed by atoms with Gasteiger partial charge in [-0.3, -0.25) is 14.5 Å². The Hall–Kier alpha value is -2.83. The van der Waals surface area contributed by atoms with Gasteiger partial charge in [0, 0.05) is 36.3 Å². The quantitative estimate of drug-likeness (QED) is 0.500. The lowest BCUT2D eigenvalue weighted by Crippen LogP contribution is -2.18. The topological polar surface area (TPSA) is 65.7 Å². The first-order valence-electron chi connectivity index (χ1n) is 9.75. The predicted molar refractivity (Wildman–Crippen MR) is 112 cm³/mol. The van der Waals surface area contributed by atoms with Crippen molar-refractivity contribution in [3.05, 3.63) is 65.8 Å². The number of rotatable bonds is 4. The fourth-order valence-electron chi connectivity index (χ4n) is 3.77. The summed E-state index contributed by atoms with van der Waals surface area (Å²) < 4.78 is 7.49. The minimum atomic E-state index is 0.619. The Balaban J connectivity index is 1.52. The van der Waals surface area contributed by atoms with Crippen LogP contribution in [-0.4, -0.2) is 37.7 Å². The molecular weight excluding hydrogens is 386 g/mol. The Morgan fingerprint density at radius 3 is 2.59 bits per heavy atom. The Labute approximate surface area is 173 Å². The largest absolute Gasteiger partial charge is 0.381 e. The molecule has 0 aliphatic carbocycles. The smallest absolute Gasteiger partial charge is 0.166 e. The highest BCUT2D eigenvalue weighted by Crippen LogP contribution is 2.28. The first-order valence-corrected chi connectivity index (χ1v) is 10.1. The molecule has 0 spiro atoms. The summed E-state index contributed by atoms with van der Waals surface area (Å²) in [4.78, 5) is 18.4. The molecule has 6 nitrogen and oxygen atoms in total. The number of benzene rings is 1. The molecule has 1 aliphatic rings. The highest BCUT2D eigenvalue weighted by atomic mass is 35.5. The summed E-state index contributed by atoms with van der Waals surface area (Å²) in [6.45, 7) is 1.69. The van der Waals surface area contributed by atoms with E-state index in [1.165, 1.54) is 0 Å². The first-order chi connectivity index (χ1) is 14.3. The molecule has 0 amide bonds. The number of pyridine rings is 1. The Bertz CT molecular complexity index is 1120. The van der Waals surface area contributed by atoms with Gasteiger partial charge in [0.25, 0.3) is 0 Å². The third kappa shape index (κ3) is 3.73. The van der Waals surface area contributed by atoms with Gasteiger partial charge in [-0.2, -0.15) is 0 Å². The van der Waals surface area contributed by atoms with E-state index in [1.807, 2.05) is 53.5 Å². The number of halogens is 1. The maximum Gasteiger partial charge on any atom is 0.166 e. The van der Waals surface area contributed by atoms with E-state index in [2.05, 4.69) is 15.0 Å². The molecule has 0 saturated carbocycles. The van der Waals surface area contributed by atoms with Crippen LogP contribution in [0, 0.1) is 5.92 Å². The van der Waals surface area contributed by atoms with Crippen molar-refractivity contribution in [2.45, 2.75) is 19.3 Å². The zero-order valence-electron chi connectivity index (χ0n) is 15.8. The van der Waals surface area contributed by atoms with Gasteiger partial charge in [-0.05, 0) is 55.5 Å². The zero-order chi connectivity index (χ0) is 19.6. The predicted octanol–water partition coefficient (Wildman–Crippen LogP) is 4.50. The monoisotopic (exact) mass is 405 g/mol. The maximum atomic E-state index is 6.08. The van der Waals surface area contributed by atoms with Crippen LogP contribution < -0.4 is 0 Å². The summed E-state index contributed by atoms with van der Waals surface area (Å²) in [5, 5.41) is 0.690. The lowest BCUT2D eigenvalue weighted by atomic mass is 9.95. The van der Waals surface area contributed by atoms with E-state index < -0.39 is 0 Å². The van der Waals surface area contributed by atoms with Crippen LogP contribution in [0.2, 0.25) is 5.02 Å². The van der Waals surface area contributed by atoms with E-state index in [1.54, 1.807) is 6.20 Å². The Morgan fingerprint density at radius 1 is 1.00 bits per heavy atom. The van der Waals surface area contributed by atoms with Crippen molar-refractivity contribution < 1.29 is 4.74 Å². The van der Waals surface area contributed by atoms with Crippen LogP contribution in [-0.2, 0) is 11.2 Å². The van der Waals surface area contributed by atoms with E-state index in [-0.39, 0.29) is 0 Å². The average Bonchev–Trinajstić information content (AvgIpc) is 3.15. The van der Waals surface area contributed by atoms with E-state index >= 15 is 0 Å². The molecular formula is C22H20ClN5O. The van der Waals surface area contributed by atoms with Crippen LogP contribution in [0.5, 0.6) is 0 Å². The minimum absolute atomic E-state index is 0.619. The summed E-state index contributed by atoms with van der Waals surface area (Å²) in [7, 11) is 0. The molecule has 146 valence electrons. The number of nitrogens with zero attached hydrogens (tertiary/aromatic N) is 5. The highest BCUT2D eigenvalue weighted by Gasteiger charge is 2.18. The fraction of sp³-hybridized carbons (Fsp3) is 0.273. The molecule has 0 unspecified atom stereocenters. The molecule has 4 heterocycles. The number of aromatic nitrogens is 5. The number of imidazole rings is 1. The first kappa shape index (κ1) is 18.2. The van der Waals surface area contributed by atoms with Crippen LogP contribution >= 0.6 is 11.6 Å². The van der Waals surface area contributed by atoms with Gasteiger partial charge in [0.2, 0.25) is 0 Å². The SMILES string of the molecule is Clc1ccc(-n2c(-c3cnc(CC4CCOCC4)cn3)nc3ccncc32)cc1. The third-order valence-electron chi connectivity index (χ3n) is 5.31. The molecule has 0 bridgehead atoms. The number of fused-ring (bicyclic) bond motifs is 1. The summed E-state index contributed by atoms with van der Waals surface area (Å²) in [5.74, 6) is 1.36. The molecule has 1 aliphatic heterocycles. The summed E-state index contributed by atoms with van der Waals surface area (Å²) in [5.41, 5.74) is 4.47. The van der Waals surface area contributed by atoms with Crippen LogP contribution in [0.25, 0.3) is 28.2 Å². The third-order valence-corrected chi connectivity index (χ3v) is 5.57. The van der Waals surface area contributed by atoms with Gasteiger partial charge in [0.05, 0.1) is 29.1 Å². The molecule has 29 heavy (non-hydrogen) atoms. The van der Waals surface area contributed by atoms with Gasteiger partial charge < -0.3 is 4.74 Å². The molecule has 4 aromatic rings. The molecule has 5 rings (SSSR count). The second-order valence-electron chi connectivity index (χ2n) is 7.26. The van der Waals surface area contributed by atoms with E-state index in [0.29, 0.717) is 10.9 Å². The summed E-state index contributed by atoms with van der Waals surface area (Å²) in [6.07, 6.45) is 10.4. The van der Waals surface area contributed by atoms with Gasteiger partial charge in [0.15, 0.2) is 5.82 Å². The molecule has 1 saturated heterocycles. The van der Waals surface area contributed by atoms with Crippen molar-refractivity contribution in [1.82, 2.24) is 24.5 Å². The van der Waals surface area contributed by atoms with Crippen molar-refractivity contribution in [3.8, 4) is 17.2 Å². The van der Waals surface area contributed by atoms with Crippen molar-refractivity contribution in [2.75, 3.05) is 13.2 Å². The Morgan fingerprint density at radius 2 is 1.83 bits per heavy atom. The Kier molecular flexibility index (Phi) is 4.96. The van der Waals surface area contributed by atoms with Gasteiger partial charge in [-0.25, -0.2) is 9.97 Å². The van der Waals surface area contributed by atoms with Crippen LogP contribution in [0.15, 0.2) is 55.1 Å². The molecule has 7 heteroatoms. The van der Waals surface area contributed by atoms with Gasteiger partial charge in [-0.15, -0.1) is 0 Å². The number of ether oxygens (including phenoxy) is 1. The second kappa shape index (κ2) is 7.89. The van der Waals surface area contributed by atoms with Crippen molar-refractivity contribution in [1.29, 1.82) is 0 Å². The fourth-order valence-corrected chi connectivity index (χ4v) is 3.90. The van der Waals surface area contributed by atoms with Crippen LogP contribution in [0.3, 0.4) is 0 Å². The van der Waals surface area contributed by atoms with E-state index in [4.69, 9.17) is 21.3 Å². The number of hydrogen-bond acceptors (Lipinski definition) is 5. The summed E-state index contributed by atoms with van der Waals surface area (Å²) in [6, 6.07) is 9.56. The molecule has 0 radical (unpaired) electrons. The lowest BCUT2D eigenvalue weighted by molar-refractivity contribution is 0.0662.